The first-order valence-electron chi connectivity index (χ1n) is 4.79. The third-order valence-electron chi connectivity index (χ3n) is 2.61. The first-order chi connectivity index (χ1) is 6.79. The van der Waals surface area contributed by atoms with Gasteiger partial charge in [-0.3, -0.25) is 0 Å². The molecule has 1 fully saturated rings. The lowest BCUT2D eigenvalue weighted by atomic mass is 10.4. The lowest BCUT2D eigenvalue weighted by Gasteiger charge is -2.17. The van der Waals surface area contributed by atoms with E-state index < -0.39 is 0 Å². The SMILES string of the molecule is CSC1CCN(c2ccc(N)nc2)C1. The summed E-state index contributed by atoms with van der Waals surface area (Å²) in [6, 6.07) is 3.91. The molecule has 0 radical (unpaired) electrons. The summed E-state index contributed by atoms with van der Waals surface area (Å²) in [5, 5.41) is 0.771. The fourth-order valence-corrected chi connectivity index (χ4v) is 2.41. The molecule has 0 bridgehead atoms. The van der Waals surface area contributed by atoms with E-state index in [4.69, 9.17) is 5.73 Å². The number of nitrogens with two attached hydrogens (primary N) is 1. The standard InChI is InChI=1S/C10H15N3S/c1-14-9-4-5-13(7-9)8-2-3-10(11)12-6-8/h2-3,6,9H,4-5,7H2,1H3,(H2,11,12). The minimum atomic E-state index is 0.592. The number of nitrogen functional groups attached to an aromatic ring is 1. The summed E-state index contributed by atoms with van der Waals surface area (Å²) in [7, 11) is 0. The van der Waals surface area contributed by atoms with Crippen LogP contribution in [-0.4, -0.2) is 29.6 Å². The molecule has 2 heterocycles. The van der Waals surface area contributed by atoms with Gasteiger partial charge in [-0.25, -0.2) is 4.98 Å². The van der Waals surface area contributed by atoms with E-state index >= 15 is 0 Å². The smallest absolute Gasteiger partial charge is 0.123 e. The Morgan fingerprint density at radius 3 is 3.00 bits per heavy atom. The van der Waals surface area contributed by atoms with Gasteiger partial charge in [0, 0.05) is 18.3 Å². The van der Waals surface area contributed by atoms with E-state index in [1.807, 2.05) is 30.1 Å². The second-order valence-electron chi connectivity index (χ2n) is 3.53. The van der Waals surface area contributed by atoms with Crippen molar-refractivity contribution in [3.63, 3.8) is 0 Å². The van der Waals surface area contributed by atoms with Gasteiger partial charge in [-0.1, -0.05) is 0 Å². The van der Waals surface area contributed by atoms with Crippen LogP contribution in [0.25, 0.3) is 0 Å². The average molecular weight is 209 g/mol. The van der Waals surface area contributed by atoms with Crippen LogP contribution in [0.4, 0.5) is 11.5 Å². The van der Waals surface area contributed by atoms with Crippen LogP contribution >= 0.6 is 11.8 Å². The molecule has 2 rings (SSSR count). The second kappa shape index (κ2) is 4.09. The van der Waals surface area contributed by atoms with Gasteiger partial charge < -0.3 is 10.6 Å². The van der Waals surface area contributed by atoms with Crippen LogP contribution in [0, 0.1) is 0 Å². The first kappa shape index (κ1) is 9.65. The van der Waals surface area contributed by atoms with Gasteiger partial charge in [-0.05, 0) is 24.8 Å². The number of hydrogen-bond donors (Lipinski definition) is 1. The highest BCUT2D eigenvalue weighted by molar-refractivity contribution is 7.99. The summed E-state index contributed by atoms with van der Waals surface area (Å²) in [5.74, 6) is 0.592. The van der Waals surface area contributed by atoms with E-state index in [0.29, 0.717) is 5.82 Å². The van der Waals surface area contributed by atoms with Crippen molar-refractivity contribution in [3.05, 3.63) is 18.3 Å². The molecule has 1 atom stereocenters. The normalized spacial score (nSPS) is 21.5. The van der Waals surface area contributed by atoms with Crippen LogP contribution in [0.1, 0.15) is 6.42 Å². The maximum Gasteiger partial charge on any atom is 0.123 e. The predicted molar refractivity (Wildman–Crippen MR) is 62.8 cm³/mol. The van der Waals surface area contributed by atoms with Gasteiger partial charge in [0.25, 0.3) is 0 Å². The summed E-state index contributed by atoms with van der Waals surface area (Å²) in [6.07, 6.45) is 5.30. The van der Waals surface area contributed by atoms with Gasteiger partial charge in [-0.2, -0.15) is 11.8 Å². The second-order valence-corrected chi connectivity index (χ2v) is 4.67. The molecule has 0 amide bonds. The van der Waals surface area contributed by atoms with Crippen molar-refractivity contribution in [3.8, 4) is 0 Å². The predicted octanol–water partition coefficient (Wildman–Crippen LogP) is 1.61. The van der Waals surface area contributed by atoms with E-state index in [-0.39, 0.29) is 0 Å². The largest absolute Gasteiger partial charge is 0.384 e. The quantitative estimate of drug-likeness (QED) is 0.803. The Labute approximate surface area is 88.7 Å². The lowest BCUT2D eigenvalue weighted by molar-refractivity contribution is 0.961. The van der Waals surface area contributed by atoms with Crippen molar-refractivity contribution >= 4 is 23.3 Å². The summed E-state index contributed by atoms with van der Waals surface area (Å²) in [4.78, 5) is 6.47. The molecule has 2 N–H and O–H groups in total. The number of thioether (sulfide) groups is 1. The average Bonchev–Trinajstić information content (AvgIpc) is 2.67. The van der Waals surface area contributed by atoms with Gasteiger partial charge in [-0.15, -0.1) is 0 Å². The van der Waals surface area contributed by atoms with Crippen molar-refractivity contribution in [2.75, 3.05) is 30.0 Å². The van der Waals surface area contributed by atoms with Gasteiger partial charge >= 0.3 is 0 Å². The fourth-order valence-electron chi connectivity index (χ4n) is 1.74. The summed E-state index contributed by atoms with van der Waals surface area (Å²) in [6.45, 7) is 2.27. The molecule has 1 saturated heterocycles. The zero-order valence-corrected chi connectivity index (χ0v) is 9.13. The van der Waals surface area contributed by atoms with E-state index in [2.05, 4.69) is 16.1 Å². The maximum absolute atomic E-state index is 5.55. The van der Waals surface area contributed by atoms with E-state index in [0.717, 1.165) is 18.3 Å². The van der Waals surface area contributed by atoms with Gasteiger partial charge in [0.05, 0.1) is 11.9 Å². The highest BCUT2D eigenvalue weighted by Gasteiger charge is 2.21. The van der Waals surface area contributed by atoms with E-state index in [1.165, 1.54) is 12.1 Å². The summed E-state index contributed by atoms with van der Waals surface area (Å²) >= 11 is 1.95. The van der Waals surface area contributed by atoms with Gasteiger partial charge in [0.2, 0.25) is 0 Å². The molecule has 0 saturated carbocycles. The first-order valence-corrected chi connectivity index (χ1v) is 6.07. The molecule has 3 nitrogen and oxygen atoms in total. The Kier molecular flexibility index (Phi) is 2.82. The molecule has 1 aliphatic rings. The third-order valence-corrected chi connectivity index (χ3v) is 3.67. The topological polar surface area (TPSA) is 42.1 Å². The molecule has 1 aromatic heterocycles. The molecular formula is C10H15N3S. The Bertz CT molecular complexity index is 299. The zero-order valence-electron chi connectivity index (χ0n) is 8.31. The van der Waals surface area contributed by atoms with Crippen molar-refractivity contribution < 1.29 is 0 Å². The number of aromatic nitrogens is 1. The Morgan fingerprint density at radius 2 is 2.43 bits per heavy atom. The Morgan fingerprint density at radius 1 is 1.57 bits per heavy atom. The molecule has 1 unspecified atom stereocenters. The molecule has 1 aliphatic heterocycles. The fraction of sp³-hybridized carbons (Fsp3) is 0.500. The van der Waals surface area contributed by atoms with Crippen LogP contribution in [0.15, 0.2) is 18.3 Å². The molecule has 0 spiro atoms. The summed E-state index contributed by atoms with van der Waals surface area (Å²) < 4.78 is 0. The van der Waals surface area contributed by atoms with Crippen LogP contribution < -0.4 is 10.6 Å². The minimum absolute atomic E-state index is 0.592. The lowest BCUT2D eigenvalue weighted by Crippen LogP contribution is -2.20. The minimum Gasteiger partial charge on any atom is -0.384 e. The zero-order chi connectivity index (χ0) is 9.97. The van der Waals surface area contributed by atoms with Crippen LogP contribution in [0.3, 0.4) is 0 Å². The highest BCUT2D eigenvalue weighted by Crippen LogP contribution is 2.25. The molecule has 4 heteroatoms. The third kappa shape index (κ3) is 1.95. The molecule has 76 valence electrons. The number of anilines is 2. The van der Waals surface area contributed by atoms with Crippen LogP contribution in [0.5, 0.6) is 0 Å². The van der Waals surface area contributed by atoms with Gasteiger partial charge in [0.15, 0.2) is 0 Å². The Hall–Kier alpha value is -0.900. The molecule has 0 aliphatic carbocycles. The molecule has 1 aromatic rings. The van der Waals surface area contributed by atoms with E-state index in [1.54, 1.807) is 0 Å². The molecule has 14 heavy (non-hydrogen) atoms. The van der Waals surface area contributed by atoms with Crippen molar-refractivity contribution in [2.45, 2.75) is 11.7 Å². The van der Waals surface area contributed by atoms with Crippen LogP contribution in [-0.2, 0) is 0 Å². The van der Waals surface area contributed by atoms with Crippen LogP contribution in [0.2, 0.25) is 0 Å². The van der Waals surface area contributed by atoms with E-state index in [9.17, 15) is 0 Å². The van der Waals surface area contributed by atoms with Crippen molar-refractivity contribution in [1.29, 1.82) is 0 Å². The number of rotatable bonds is 2. The number of nitrogens with zero attached hydrogens (tertiary/aromatic N) is 2. The van der Waals surface area contributed by atoms with Crippen molar-refractivity contribution in [2.24, 2.45) is 0 Å². The number of hydrogen-bond acceptors (Lipinski definition) is 4. The summed E-state index contributed by atoms with van der Waals surface area (Å²) in [5.41, 5.74) is 6.74. The monoisotopic (exact) mass is 209 g/mol. The molecule has 0 aromatic carbocycles. The maximum atomic E-state index is 5.55. The number of pyridine rings is 1. The Balaban J connectivity index is 2.06. The molecular weight excluding hydrogens is 194 g/mol. The van der Waals surface area contributed by atoms with Crippen molar-refractivity contribution in [1.82, 2.24) is 4.98 Å². The highest BCUT2D eigenvalue weighted by atomic mass is 32.2. The van der Waals surface area contributed by atoms with Gasteiger partial charge in [0.1, 0.15) is 5.82 Å².